The van der Waals surface area contributed by atoms with Crippen LogP contribution in [0, 0.1) is 0 Å². The second-order valence-corrected chi connectivity index (χ2v) is 3.19. The number of esters is 1. The summed E-state index contributed by atoms with van der Waals surface area (Å²) in [6.07, 6.45) is 0. The average Bonchev–Trinajstić information content (AvgIpc) is 2.26. The highest BCUT2D eigenvalue weighted by Crippen LogP contribution is 2.01. The summed E-state index contributed by atoms with van der Waals surface area (Å²) >= 11 is 5.47. The Bertz CT molecular complexity index is 289. The standard InChI is InChI=1S/C10H12ClNO2/c11-6-9(12)7-14-10(13)8-4-2-1-3-5-8/h1-5,9H,6-7,12H2/t9-/m0/s1. The van der Waals surface area contributed by atoms with Gasteiger partial charge >= 0.3 is 5.97 Å². The topological polar surface area (TPSA) is 52.3 Å². The molecule has 2 N–H and O–H groups in total. The van der Waals surface area contributed by atoms with E-state index in [1.807, 2.05) is 6.07 Å². The molecule has 0 spiro atoms. The lowest BCUT2D eigenvalue weighted by atomic mass is 10.2. The minimum absolute atomic E-state index is 0.150. The van der Waals surface area contributed by atoms with Gasteiger partial charge in [0.05, 0.1) is 11.6 Å². The second-order valence-electron chi connectivity index (χ2n) is 2.88. The number of nitrogens with two attached hydrogens (primary N) is 1. The minimum Gasteiger partial charge on any atom is -0.460 e. The van der Waals surface area contributed by atoms with Crippen molar-refractivity contribution in [3.05, 3.63) is 35.9 Å². The van der Waals surface area contributed by atoms with E-state index in [-0.39, 0.29) is 24.5 Å². The summed E-state index contributed by atoms with van der Waals surface area (Å²) in [5, 5.41) is 0. The molecular weight excluding hydrogens is 202 g/mol. The number of halogens is 1. The van der Waals surface area contributed by atoms with Crippen molar-refractivity contribution in [2.24, 2.45) is 5.73 Å². The maximum absolute atomic E-state index is 11.3. The molecule has 0 unspecified atom stereocenters. The molecule has 0 aliphatic rings. The molecule has 0 aliphatic heterocycles. The zero-order valence-electron chi connectivity index (χ0n) is 7.65. The van der Waals surface area contributed by atoms with E-state index in [1.165, 1.54) is 0 Å². The average molecular weight is 214 g/mol. The number of hydrogen-bond acceptors (Lipinski definition) is 3. The van der Waals surface area contributed by atoms with E-state index < -0.39 is 0 Å². The number of rotatable bonds is 4. The molecule has 0 bridgehead atoms. The van der Waals surface area contributed by atoms with Crippen LogP contribution < -0.4 is 5.73 Å². The number of benzene rings is 1. The van der Waals surface area contributed by atoms with Crippen molar-refractivity contribution in [3.63, 3.8) is 0 Å². The first-order valence-corrected chi connectivity index (χ1v) is 4.81. The largest absolute Gasteiger partial charge is 0.460 e. The van der Waals surface area contributed by atoms with Gasteiger partial charge in [0.25, 0.3) is 0 Å². The molecule has 0 amide bonds. The summed E-state index contributed by atoms with van der Waals surface area (Å²) in [6, 6.07) is 8.46. The third-order valence-electron chi connectivity index (χ3n) is 1.64. The maximum atomic E-state index is 11.3. The van der Waals surface area contributed by atoms with Crippen molar-refractivity contribution in [1.82, 2.24) is 0 Å². The van der Waals surface area contributed by atoms with Gasteiger partial charge in [-0.25, -0.2) is 4.79 Å². The van der Waals surface area contributed by atoms with Crippen LogP contribution in [0.3, 0.4) is 0 Å². The van der Waals surface area contributed by atoms with Crippen molar-refractivity contribution in [2.75, 3.05) is 12.5 Å². The lowest BCUT2D eigenvalue weighted by Gasteiger charge is -2.08. The van der Waals surface area contributed by atoms with Gasteiger partial charge in [-0.1, -0.05) is 18.2 Å². The molecule has 1 aromatic carbocycles. The van der Waals surface area contributed by atoms with Gasteiger partial charge in [0.15, 0.2) is 0 Å². The van der Waals surface area contributed by atoms with E-state index in [1.54, 1.807) is 24.3 Å². The Hall–Kier alpha value is -1.06. The fourth-order valence-corrected chi connectivity index (χ4v) is 0.974. The van der Waals surface area contributed by atoms with Gasteiger partial charge in [0.2, 0.25) is 0 Å². The van der Waals surface area contributed by atoms with Crippen LogP contribution in [-0.4, -0.2) is 24.5 Å². The summed E-state index contributed by atoms with van der Waals surface area (Å²) in [5.41, 5.74) is 6.01. The summed E-state index contributed by atoms with van der Waals surface area (Å²) in [4.78, 5) is 11.3. The van der Waals surface area contributed by atoms with Crippen LogP contribution in [0.4, 0.5) is 0 Å². The van der Waals surface area contributed by atoms with Crippen LogP contribution in [-0.2, 0) is 4.74 Å². The normalized spacial score (nSPS) is 12.1. The Morgan fingerprint density at radius 1 is 1.43 bits per heavy atom. The molecule has 1 atom stereocenters. The zero-order chi connectivity index (χ0) is 10.4. The summed E-state index contributed by atoms with van der Waals surface area (Å²) in [7, 11) is 0. The van der Waals surface area contributed by atoms with Crippen molar-refractivity contribution in [1.29, 1.82) is 0 Å². The molecule has 0 aromatic heterocycles. The van der Waals surface area contributed by atoms with Gasteiger partial charge < -0.3 is 10.5 Å². The Morgan fingerprint density at radius 2 is 2.07 bits per heavy atom. The lowest BCUT2D eigenvalue weighted by Crippen LogP contribution is -2.29. The molecular formula is C10H12ClNO2. The SMILES string of the molecule is N[C@@H](CCl)COC(=O)c1ccccc1. The van der Waals surface area contributed by atoms with E-state index in [4.69, 9.17) is 22.1 Å². The molecule has 3 nitrogen and oxygen atoms in total. The van der Waals surface area contributed by atoms with Gasteiger partial charge in [0.1, 0.15) is 6.61 Å². The summed E-state index contributed by atoms with van der Waals surface area (Å²) in [6.45, 7) is 0.150. The van der Waals surface area contributed by atoms with Gasteiger partial charge in [-0.2, -0.15) is 0 Å². The third kappa shape index (κ3) is 3.36. The van der Waals surface area contributed by atoms with Crippen LogP contribution in [0.1, 0.15) is 10.4 Å². The van der Waals surface area contributed by atoms with Gasteiger partial charge in [-0.15, -0.1) is 11.6 Å². The molecule has 76 valence electrons. The summed E-state index contributed by atoms with van der Waals surface area (Å²) < 4.78 is 4.93. The van der Waals surface area contributed by atoms with E-state index in [0.717, 1.165) is 0 Å². The molecule has 0 aliphatic carbocycles. The Morgan fingerprint density at radius 3 is 2.64 bits per heavy atom. The fourth-order valence-electron chi connectivity index (χ4n) is 0.885. The summed E-state index contributed by atoms with van der Waals surface area (Å²) in [5.74, 6) is -0.0895. The van der Waals surface area contributed by atoms with E-state index in [9.17, 15) is 4.79 Å². The molecule has 0 heterocycles. The number of ether oxygens (including phenoxy) is 1. The monoisotopic (exact) mass is 213 g/mol. The first-order valence-electron chi connectivity index (χ1n) is 4.27. The van der Waals surface area contributed by atoms with E-state index >= 15 is 0 Å². The van der Waals surface area contributed by atoms with Crippen LogP contribution in [0.2, 0.25) is 0 Å². The fraction of sp³-hybridized carbons (Fsp3) is 0.300. The molecule has 4 heteroatoms. The molecule has 0 fully saturated rings. The highest BCUT2D eigenvalue weighted by Gasteiger charge is 2.08. The Kier molecular flexibility index (Phi) is 4.43. The smallest absolute Gasteiger partial charge is 0.338 e. The Labute approximate surface area is 87.8 Å². The van der Waals surface area contributed by atoms with Crippen LogP contribution in [0.15, 0.2) is 30.3 Å². The second kappa shape index (κ2) is 5.62. The Balaban J connectivity index is 2.44. The van der Waals surface area contributed by atoms with Crippen LogP contribution >= 0.6 is 11.6 Å². The van der Waals surface area contributed by atoms with Gasteiger partial charge in [0, 0.05) is 5.88 Å². The first kappa shape index (κ1) is 11.0. The van der Waals surface area contributed by atoms with Crippen LogP contribution in [0.25, 0.3) is 0 Å². The van der Waals surface area contributed by atoms with Crippen molar-refractivity contribution >= 4 is 17.6 Å². The molecule has 0 saturated carbocycles. The van der Waals surface area contributed by atoms with Crippen molar-refractivity contribution in [2.45, 2.75) is 6.04 Å². The molecule has 1 rings (SSSR count). The number of alkyl halides is 1. The number of carbonyl (C=O) groups is 1. The first-order chi connectivity index (χ1) is 6.74. The predicted molar refractivity (Wildman–Crippen MR) is 55.4 cm³/mol. The van der Waals surface area contributed by atoms with E-state index in [2.05, 4.69) is 0 Å². The zero-order valence-corrected chi connectivity index (χ0v) is 8.41. The maximum Gasteiger partial charge on any atom is 0.338 e. The third-order valence-corrected chi connectivity index (χ3v) is 2.03. The highest BCUT2D eigenvalue weighted by molar-refractivity contribution is 6.18. The lowest BCUT2D eigenvalue weighted by molar-refractivity contribution is 0.0488. The molecule has 14 heavy (non-hydrogen) atoms. The van der Waals surface area contributed by atoms with Crippen molar-refractivity contribution < 1.29 is 9.53 Å². The quantitative estimate of drug-likeness (QED) is 0.608. The highest BCUT2D eigenvalue weighted by atomic mass is 35.5. The number of hydrogen-bond donors (Lipinski definition) is 1. The van der Waals surface area contributed by atoms with Gasteiger partial charge in [-0.05, 0) is 12.1 Å². The van der Waals surface area contributed by atoms with Gasteiger partial charge in [-0.3, -0.25) is 0 Å². The minimum atomic E-state index is -0.369. The molecule has 0 saturated heterocycles. The molecule has 1 aromatic rings. The van der Waals surface area contributed by atoms with Crippen LogP contribution in [0.5, 0.6) is 0 Å². The molecule has 0 radical (unpaired) electrons. The van der Waals surface area contributed by atoms with E-state index in [0.29, 0.717) is 5.56 Å². The van der Waals surface area contributed by atoms with Crippen molar-refractivity contribution in [3.8, 4) is 0 Å². The predicted octanol–water partition coefficient (Wildman–Crippen LogP) is 1.41. The number of carbonyl (C=O) groups excluding carboxylic acids is 1.